The second-order valence-corrected chi connectivity index (χ2v) is 12.4. The summed E-state index contributed by atoms with van der Waals surface area (Å²) in [5.41, 5.74) is 7.98. The SMILES string of the molecule is Cc1cc(N2CCC(CCP(=O)(O)OCl)CC2)c2c(C)cn(-c3c(C)cc(Br)cc3C)c2n1. The minimum Gasteiger partial charge on any atom is -0.371 e. The van der Waals surface area contributed by atoms with Crippen LogP contribution in [0.15, 0.2) is 28.9 Å². The minimum atomic E-state index is -3.66. The van der Waals surface area contributed by atoms with Gasteiger partial charge in [0.25, 0.3) is 0 Å². The molecule has 1 aliphatic rings. The number of halogens is 2. The first kappa shape index (κ1) is 24.7. The summed E-state index contributed by atoms with van der Waals surface area (Å²) in [7, 11) is -3.66. The summed E-state index contributed by atoms with van der Waals surface area (Å²) >= 11 is 8.75. The van der Waals surface area contributed by atoms with E-state index < -0.39 is 7.60 Å². The third-order valence-corrected chi connectivity index (χ3v) is 8.78. The maximum Gasteiger partial charge on any atom is 0.344 e. The summed E-state index contributed by atoms with van der Waals surface area (Å²) in [6.07, 6.45) is 4.89. The largest absolute Gasteiger partial charge is 0.371 e. The van der Waals surface area contributed by atoms with Crippen molar-refractivity contribution >= 4 is 52.1 Å². The number of anilines is 1. The van der Waals surface area contributed by atoms with Crippen LogP contribution in [-0.2, 0) is 8.64 Å². The number of piperidine rings is 1. The van der Waals surface area contributed by atoms with Gasteiger partial charge in [0, 0.05) is 40.5 Å². The van der Waals surface area contributed by atoms with Crippen LogP contribution >= 0.6 is 35.4 Å². The van der Waals surface area contributed by atoms with Crippen LogP contribution in [0.2, 0.25) is 0 Å². The van der Waals surface area contributed by atoms with E-state index in [0.717, 1.165) is 41.7 Å². The van der Waals surface area contributed by atoms with Gasteiger partial charge in [0.05, 0.1) is 23.7 Å². The first-order chi connectivity index (χ1) is 15.6. The number of aromatic nitrogens is 2. The lowest BCUT2D eigenvalue weighted by atomic mass is 9.93. The van der Waals surface area contributed by atoms with E-state index in [9.17, 15) is 9.46 Å². The lowest BCUT2D eigenvalue weighted by Crippen LogP contribution is -2.34. The number of hydrogen-bond acceptors (Lipinski definition) is 4. The van der Waals surface area contributed by atoms with Gasteiger partial charge in [-0.15, -0.1) is 0 Å². The summed E-state index contributed by atoms with van der Waals surface area (Å²) in [5.74, 6) is 0.394. The standard InChI is InChI=1S/C24H30BrClN3O3P/c1-15-11-20(25)12-16(2)23(15)29-14-17(3)22-21(13-18(4)27-24(22)29)28-8-5-19(6-9-28)7-10-33(30,31)32-26/h11-14,19H,5-10H2,1-4H3,(H,30,31). The van der Waals surface area contributed by atoms with Crippen LogP contribution in [0.1, 0.15) is 41.6 Å². The Morgan fingerprint density at radius 3 is 2.39 bits per heavy atom. The Balaban J connectivity index is 1.65. The number of aryl methyl sites for hydroxylation is 4. The van der Waals surface area contributed by atoms with Gasteiger partial charge in [0.15, 0.2) is 0 Å². The number of fused-ring (bicyclic) bond motifs is 1. The Hall–Kier alpha value is -1.37. The van der Waals surface area contributed by atoms with E-state index in [2.05, 4.69) is 81.6 Å². The average Bonchev–Trinajstić information content (AvgIpc) is 3.07. The van der Waals surface area contributed by atoms with E-state index in [4.69, 9.17) is 16.9 Å². The van der Waals surface area contributed by atoms with Gasteiger partial charge in [-0.2, -0.15) is 4.08 Å². The van der Waals surface area contributed by atoms with Crippen molar-refractivity contribution in [1.29, 1.82) is 0 Å². The van der Waals surface area contributed by atoms with E-state index in [1.807, 2.05) is 0 Å². The molecule has 2 aromatic heterocycles. The van der Waals surface area contributed by atoms with Crippen molar-refractivity contribution in [3.63, 3.8) is 0 Å². The Morgan fingerprint density at radius 1 is 1.15 bits per heavy atom. The van der Waals surface area contributed by atoms with Gasteiger partial charge in [-0.1, -0.05) is 15.9 Å². The van der Waals surface area contributed by atoms with Crippen LogP contribution in [0.25, 0.3) is 16.7 Å². The zero-order valence-corrected chi connectivity index (χ0v) is 22.7. The normalized spacial score (nSPS) is 17.0. The molecule has 3 aromatic rings. The zero-order chi connectivity index (χ0) is 23.9. The number of hydrogen-bond donors (Lipinski definition) is 1. The molecule has 33 heavy (non-hydrogen) atoms. The fourth-order valence-corrected chi connectivity index (χ4v) is 6.71. The lowest BCUT2D eigenvalue weighted by Gasteiger charge is -2.34. The third-order valence-electron chi connectivity index (χ3n) is 6.63. The van der Waals surface area contributed by atoms with Crippen molar-refractivity contribution in [2.75, 3.05) is 24.2 Å². The molecule has 1 saturated heterocycles. The smallest absolute Gasteiger partial charge is 0.344 e. The molecule has 1 atom stereocenters. The molecule has 0 radical (unpaired) electrons. The van der Waals surface area contributed by atoms with E-state index in [1.165, 1.54) is 33.5 Å². The Labute approximate surface area is 208 Å². The minimum absolute atomic E-state index is 0.105. The molecule has 0 saturated carbocycles. The summed E-state index contributed by atoms with van der Waals surface area (Å²) in [5, 5.41) is 1.19. The van der Waals surface area contributed by atoms with Crippen LogP contribution in [-0.4, -0.2) is 33.7 Å². The molecule has 0 spiro atoms. The van der Waals surface area contributed by atoms with E-state index in [1.54, 1.807) is 0 Å². The average molecular weight is 555 g/mol. The maximum atomic E-state index is 11.7. The van der Waals surface area contributed by atoms with Gasteiger partial charge < -0.3 is 14.4 Å². The van der Waals surface area contributed by atoms with Crippen molar-refractivity contribution in [3.8, 4) is 5.69 Å². The molecule has 178 valence electrons. The van der Waals surface area contributed by atoms with Crippen LogP contribution in [0, 0.1) is 33.6 Å². The number of benzene rings is 1. The molecule has 1 N–H and O–H groups in total. The monoisotopic (exact) mass is 553 g/mol. The van der Waals surface area contributed by atoms with Gasteiger partial charge in [-0.3, -0.25) is 4.57 Å². The Bertz CT molecular complexity index is 1210. The van der Waals surface area contributed by atoms with Crippen LogP contribution in [0.5, 0.6) is 0 Å². The molecule has 1 fully saturated rings. The van der Waals surface area contributed by atoms with Crippen LogP contribution < -0.4 is 4.90 Å². The first-order valence-corrected chi connectivity index (χ1v) is 14.1. The maximum absolute atomic E-state index is 11.7. The van der Waals surface area contributed by atoms with Gasteiger partial charge in [0.1, 0.15) is 5.65 Å². The van der Waals surface area contributed by atoms with Crippen molar-refractivity contribution in [3.05, 3.63) is 51.3 Å². The molecule has 1 aliphatic heterocycles. The highest BCUT2D eigenvalue weighted by Crippen LogP contribution is 2.45. The molecule has 0 aliphatic carbocycles. The zero-order valence-electron chi connectivity index (χ0n) is 19.4. The Morgan fingerprint density at radius 2 is 1.79 bits per heavy atom. The summed E-state index contributed by atoms with van der Waals surface area (Å²) in [6, 6.07) is 6.47. The summed E-state index contributed by atoms with van der Waals surface area (Å²) in [4.78, 5) is 17.0. The van der Waals surface area contributed by atoms with Gasteiger partial charge >= 0.3 is 7.60 Å². The predicted molar refractivity (Wildman–Crippen MR) is 139 cm³/mol. The molecular formula is C24H30BrClN3O3P. The van der Waals surface area contributed by atoms with Crippen molar-refractivity contribution in [2.45, 2.75) is 47.0 Å². The number of pyridine rings is 1. The quantitative estimate of drug-likeness (QED) is 0.333. The molecule has 1 unspecified atom stereocenters. The van der Waals surface area contributed by atoms with Crippen LogP contribution in [0.3, 0.4) is 0 Å². The number of rotatable bonds is 6. The van der Waals surface area contributed by atoms with Crippen molar-refractivity contribution < 1.29 is 13.5 Å². The second-order valence-electron chi connectivity index (χ2n) is 9.20. The molecule has 6 nitrogen and oxygen atoms in total. The van der Waals surface area contributed by atoms with Gasteiger partial charge in [-0.05, 0) is 87.8 Å². The highest BCUT2D eigenvalue weighted by atomic mass is 79.9. The molecule has 0 amide bonds. The Kier molecular flexibility index (Phi) is 7.28. The lowest BCUT2D eigenvalue weighted by molar-refractivity contribution is 0.363. The highest BCUT2D eigenvalue weighted by Gasteiger charge is 2.26. The predicted octanol–water partition coefficient (Wildman–Crippen LogP) is 6.98. The topological polar surface area (TPSA) is 67.6 Å². The van der Waals surface area contributed by atoms with Crippen molar-refractivity contribution in [1.82, 2.24) is 9.55 Å². The molecular weight excluding hydrogens is 525 g/mol. The highest BCUT2D eigenvalue weighted by molar-refractivity contribution is 9.10. The fraction of sp³-hybridized carbons (Fsp3) is 0.458. The number of nitrogens with zero attached hydrogens (tertiary/aromatic N) is 3. The van der Waals surface area contributed by atoms with E-state index in [-0.39, 0.29) is 6.16 Å². The van der Waals surface area contributed by atoms with Gasteiger partial charge in [0.2, 0.25) is 0 Å². The molecule has 3 heterocycles. The van der Waals surface area contributed by atoms with Crippen molar-refractivity contribution in [2.24, 2.45) is 5.92 Å². The van der Waals surface area contributed by atoms with Crippen LogP contribution in [0.4, 0.5) is 5.69 Å². The molecule has 1 aromatic carbocycles. The summed E-state index contributed by atoms with van der Waals surface area (Å²) in [6.45, 7) is 10.3. The molecule has 0 bridgehead atoms. The third kappa shape index (κ3) is 5.18. The fourth-order valence-electron chi connectivity index (χ4n) is 5.06. The van der Waals surface area contributed by atoms with Gasteiger partial charge in [-0.25, -0.2) is 4.98 Å². The molecule has 9 heteroatoms. The first-order valence-electron chi connectivity index (χ1n) is 11.2. The van der Waals surface area contributed by atoms with E-state index in [0.29, 0.717) is 12.3 Å². The summed E-state index contributed by atoms with van der Waals surface area (Å²) < 4.78 is 19.2. The molecule has 4 rings (SSSR count). The van der Waals surface area contributed by atoms with E-state index >= 15 is 0 Å². The second kappa shape index (κ2) is 9.71.